The van der Waals surface area contributed by atoms with Gasteiger partial charge < -0.3 is 5.32 Å². The van der Waals surface area contributed by atoms with E-state index >= 15 is 0 Å². The van der Waals surface area contributed by atoms with Gasteiger partial charge in [-0.3, -0.25) is 0 Å². The second-order valence-electron chi connectivity index (χ2n) is 6.17. The first-order valence-electron chi connectivity index (χ1n) is 7.06. The Balaban J connectivity index is 2.24. The summed E-state index contributed by atoms with van der Waals surface area (Å²) >= 11 is 1.57. The van der Waals surface area contributed by atoms with Crippen LogP contribution in [0.2, 0.25) is 0 Å². The van der Waals surface area contributed by atoms with Crippen molar-refractivity contribution in [3.8, 4) is 0 Å². The number of aryl methyl sites for hydroxylation is 1. The number of nitrogens with one attached hydrogen (secondary N) is 1. The van der Waals surface area contributed by atoms with E-state index in [1.54, 1.807) is 15.6 Å². The van der Waals surface area contributed by atoms with Crippen LogP contribution in [0.4, 0.5) is 0 Å². The summed E-state index contributed by atoms with van der Waals surface area (Å²) in [6, 6.07) is 1.84. The zero-order valence-corrected chi connectivity index (χ0v) is 14.3. The topological polar surface area (TPSA) is 49.4 Å². The molecule has 1 N–H and O–H groups in total. The second kappa shape index (κ2) is 5.75. The molecule has 0 unspecified atom stereocenters. The van der Waals surface area contributed by atoms with Crippen LogP contribution in [0.3, 0.4) is 0 Å². The lowest BCUT2D eigenvalue weighted by molar-refractivity contribution is 0.375. The maximum absolute atomic E-state index is 12.7. The van der Waals surface area contributed by atoms with Crippen LogP contribution in [-0.4, -0.2) is 32.4 Å². The Hall–Kier alpha value is -0.430. The van der Waals surface area contributed by atoms with E-state index < -0.39 is 10.0 Å². The Morgan fingerprint density at radius 3 is 2.70 bits per heavy atom. The Morgan fingerprint density at radius 1 is 1.45 bits per heavy atom. The maximum Gasteiger partial charge on any atom is 0.244 e. The van der Waals surface area contributed by atoms with Crippen LogP contribution < -0.4 is 5.32 Å². The third-order valence-electron chi connectivity index (χ3n) is 3.73. The lowest BCUT2D eigenvalue weighted by atomic mass is 9.93. The molecule has 1 aliphatic rings. The molecule has 1 saturated heterocycles. The van der Waals surface area contributed by atoms with Gasteiger partial charge in [0, 0.05) is 29.4 Å². The van der Waals surface area contributed by atoms with E-state index in [0.29, 0.717) is 18.0 Å². The third-order valence-corrected chi connectivity index (χ3v) is 6.88. The highest BCUT2D eigenvalue weighted by atomic mass is 32.2. The molecule has 0 bridgehead atoms. The summed E-state index contributed by atoms with van der Waals surface area (Å²) in [7, 11) is -3.33. The summed E-state index contributed by atoms with van der Waals surface area (Å²) in [4.78, 5) is 2.47. The van der Waals surface area contributed by atoms with Crippen LogP contribution in [0.5, 0.6) is 0 Å². The van der Waals surface area contributed by atoms with Crippen molar-refractivity contribution >= 4 is 21.4 Å². The first kappa shape index (κ1) is 15.9. The van der Waals surface area contributed by atoms with Gasteiger partial charge in [-0.25, -0.2) is 8.42 Å². The molecule has 0 spiro atoms. The first-order chi connectivity index (χ1) is 9.26. The molecule has 1 aromatic rings. The lowest BCUT2D eigenvalue weighted by Crippen LogP contribution is -2.30. The molecule has 0 amide bonds. The van der Waals surface area contributed by atoms with Crippen molar-refractivity contribution in [1.29, 1.82) is 0 Å². The fourth-order valence-electron chi connectivity index (χ4n) is 2.52. The van der Waals surface area contributed by atoms with Crippen LogP contribution in [0, 0.1) is 12.3 Å². The number of hydrogen-bond donors (Lipinski definition) is 1. The number of hydrogen-bond acceptors (Lipinski definition) is 4. The minimum atomic E-state index is -3.33. The largest absolute Gasteiger partial charge is 0.312 e. The Labute approximate surface area is 126 Å². The van der Waals surface area contributed by atoms with Crippen LogP contribution >= 0.6 is 11.3 Å². The summed E-state index contributed by atoms with van der Waals surface area (Å²) in [6.45, 7) is 11.1. The van der Waals surface area contributed by atoms with Crippen molar-refractivity contribution in [2.75, 3.05) is 19.6 Å². The predicted octanol–water partition coefficient (Wildman–Crippen LogP) is 2.59. The first-order valence-corrected chi connectivity index (χ1v) is 9.32. The number of rotatable bonds is 5. The molecule has 4 nitrogen and oxygen atoms in total. The molecule has 2 rings (SSSR count). The van der Waals surface area contributed by atoms with Crippen molar-refractivity contribution in [1.82, 2.24) is 9.62 Å². The maximum atomic E-state index is 12.7. The molecule has 2 heterocycles. The quantitative estimate of drug-likeness (QED) is 0.908. The Morgan fingerprint density at radius 2 is 2.15 bits per heavy atom. The normalized spacial score (nSPS) is 19.6. The molecular formula is C14H24N2O2S2. The van der Waals surface area contributed by atoms with Crippen molar-refractivity contribution < 1.29 is 8.42 Å². The summed E-state index contributed by atoms with van der Waals surface area (Å²) in [5, 5.41) is 3.24. The number of thiophene rings is 1. The molecule has 114 valence electrons. The molecule has 0 saturated carbocycles. The summed E-state index contributed by atoms with van der Waals surface area (Å²) in [6.07, 6.45) is 0.930. The monoisotopic (exact) mass is 316 g/mol. The predicted molar refractivity (Wildman–Crippen MR) is 83.6 cm³/mol. The smallest absolute Gasteiger partial charge is 0.244 e. The number of sulfonamides is 1. The van der Waals surface area contributed by atoms with Gasteiger partial charge in [-0.1, -0.05) is 20.8 Å². The SMILES string of the molecule is CCNCc1cc(S(=O)(=O)N2CCC(C)(C)C2)c(C)s1. The van der Waals surface area contributed by atoms with Gasteiger partial charge in [-0.05, 0) is 31.4 Å². The fourth-order valence-corrected chi connectivity index (χ4v) is 5.73. The van der Waals surface area contributed by atoms with Gasteiger partial charge in [-0.2, -0.15) is 4.31 Å². The molecule has 0 aliphatic carbocycles. The lowest BCUT2D eigenvalue weighted by Gasteiger charge is -2.19. The zero-order chi connectivity index (χ0) is 15.0. The van der Waals surface area contributed by atoms with Crippen molar-refractivity contribution in [3.05, 3.63) is 15.8 Å². The van der Waals surface area contributed by atoms with Gasteiger partial charge in [0.05, 0.1) is 4.90 Å². The average molecular weight is 316 g/mol. The van der Waals surface area contributed by atoms with Crippen molar-refractivity contribution in [2.24, 2.45) is 5.41 Å². The van der Waals surface area contributed by atoms with E-state index in [9.17, 15) is 8.42 Å². The highest BCUT2D eigenvalue weighted by Gasteiger charge is 2.37. The standard InChI is InChI=1S/C14H24N2O2S2/c1-5-15-9-12-8-13(11(2)19-12)20(17,18)16-7-6-14(3,4)10-16/h8,15H,5-7,9-10H2,1-4H3. The molecule has 1 fully saturated rings. The minimum Gasteiger partial charge on any atom is -0.312 e. The van der Waals surface area contributed by atoms with Crippen LogP contribution in [0.15, 0.2) is 11.0 Å². The van der Waals surface area contributed by atoms with Crippen molar-refractivity contribution in [2.45, 2.75) is 45.6 Å². The fraction of sp³-hybridized carbons (Fsp3) is 0.714. The second-order valence-corrected chi connectivity index (χ2v) is 9.41. The number of nitrogens with zero attached hydrogens (tertiary/aromatic N) is 1. The molecule has 6 heteroatoms. The average Bonchev–Trinajstić information content (AvgIpc) is 2.90. The third kappa shape index (κ3) is 3.24. The highest BCUT2D eigenvalue weighted by Crippen LogP contribution is 2.35. The highest BCUT2D eigenvalue weighted by molar-refractivity contribution is 7.89. The van der Waals surface area contributed by atoms with E-state index in [1.165, 1.54) is 0 Å². The Kier molecular flexibility index (Phi) is 4.59. The molecule has 1 aliphatic heterocycles. The van der Waals surface area contributed by atoms with E-state index in [0.717, 1.165) is 29.3 Å². The molecule has 0 atom stereocenters. The van der Waals surface area contributed by atoms with E-state index in [1.807, 2.05) is 19.9 Å². The van der Waals surface area contributed by atoms with Gasteiger partial charge in [0.2, 0.25) is 10.0 Å². The van der Waals surface area contributed by atoms with Gasteiger partial charge in [-0.15, -0.1) is 11.3 Å². The van der Waals surface area contributed by atoms with E-state index in [-0.39, 0.29) is 5.41 Å². The van der Waals surface area contributed by atoms with Crippen molar-refractivity contribution in [3.63, 3.8) is 0 Å². The van der Waals surface area contributed by atoms with Gasteiger partial charge in [0.15, 0.2) is 0 Å². The van der Waals surface area contributed by atoms with E-state index in [2.05, 4.69) is 19.2 Å². The molecule has 20 heavy (non-hydrogen) atoms. The minimum absolute atomic E-state index is 0.0869. The Bertz CT molecular complexity index is 576. The summed E-state index contributed by atoms with van der Waals surface area (Å²) < 4.78 is 27.1. The zero-order valence-electron chi connectivity index (χ0n) is 12.7. The van der Waals surface area contributed by atoms with Crippen LogP contribution in [0.25, 0.3) is 0 Å². The molecular weight excluding hydrogens is 292 g/mol. The van der Waals surface area contributed by atoms with Gasteiger partial charge in [0.25, 0.3) is 0 Å². The molecule has 0 aromatic carbocycles. The van der Waals surface area contributed by atoms with Gasteiger partial charge >= 0.3 is 0 Å². The molecule has 0 radical (unpaired) electrons. The molecule has 1 aromatic heterocycles. The summed E-state index contributed by atoms with van der Waals surface area (Å²) in [5.74, 6) is 0. The van der Waals surface area contributed by atoms with Gasteiger partial charge in [0.1, 0.15) is 0 Å². The van der Waals surface area contributed by atoms with Crippen LogP contribution in [-0.2, 0) is 16.6 Å². The van der Waals surface area contributed by atoms with Crippen LogP contribution in [0.1, 0.15) is 36.9 Å². The summed E-state index contributed by atoms with van der Waals surface area (Å²) in [5.41, 5.74) is 0.0869. The van der Waals surface area contributed by atoms with E-state index in [4.69, 9.17) is 0 Å².